The maximum Gasteiger partial charge on any atom is 0.232 e. The Morgan fingerprint density at radius 2 is 1.55 bits per heavy atom. The molecule has 2 rings (SSSR count). The van der Waals surface area contributed by atoms with Gasteiger partial charge in [-0.2, -0.15) is 0 Å². The Morgan fingerprint density at radius 3 is 2.15 bits per heavy atom. The number of rotatable bonds is 4. The standard InChI is InChI=1S/C15H11F2NO2/c16-11-6-12(17)8-13(7-11)18-15(20)9-14(19)10-4-2-1-3-5-10/h1-8H,9H2,(H,18,20). The minimum atomic E-state index is -0.797. The van der Waals surface area contributed by atoms with Gasteiger partial charge in [0, 0.05) is 17.3 Å². The quantitative estimate of drug-likeness (QED) is 0.688. The van der Waals surface area contributed by atoms with Crippen molar-refractivity contribution in [3.05, 3.63) is 65.7 Å². The highest BCUT2D eigenvalue weighted by molar-refractivity contribution is 6.10. The Kier molecular flexibility index (Phi) is 4.20. The van der Waals surface area contributed by atoms with Gasteiger partial charge in [-0.05, 0) is 12.1 Å². The third-order valence-electron chi connectivity index (χ3n) is 2.56. The number of Topliss-reactive ketones (excluding diaryl/α,β-unsaturated/α-hetero) is 1. The molecule has 2 aromatic carbocycles. The number of hydrogen-bond acceptors (Lipinski definition) is 2. The molecule has 0 aliphatic rings. The zero-order valence-corrected chi connectivity index (χ0v) is 10.4. The van der Waals surface area contributed by atoms with Gasteiger partial charge >= 0.3 is 0 Å². The summed E-state index contributed by atoms with van der Waals surface area (Å²) in [5.41, 5.74) is 0.390. The molecule has 0 unspecified atom stereocenters. The summed E-state index contributed by atoms with van der Waals surface area (Å²) in [6, 6.07) is 11.0. The van der Waals surface area contributed by atoms with Gasteiger partial charge in [0.2, 0.25) is 5.91 Å². The molecule has 0 saturated heterocycles. The molecular weight excluding hydrogens is 264 g/mol. The van der Waals surface area contributed by atoms with Gasteiger partial charge in [0.15, 0.2) is 5.78 Å². The summed E-state index contributed by atoms with van der Waals surface area (Å²) >= 11 is 0. The van der Waals surface area contributed by atoms with Crippen LogP contribution in [-0.4, -0.2) is 11.7 Å². The molecule has 0 bridgehead atoms. The van der Waals surface area contributed by atoms with Crippen LogP contribution < -0.4 is 5.32 Å². The minimum absolute atomic E-state index is 0.0200. The average molecular weight is 275 g/mol. The molecule has 0 aliphatic carbocycles. The Hall–Kier alpha value is -2.56. The van der Waals surface area contributed by atoms with E-state index in [-0.39, 0.29) is 17.9 Å². The molecule has 0 aromatic heterocycles. The minimum Gasteiger partial charge on any atom is -0.325 e. The van der Waals surface area contributed by atoms with Crippen LogP contribution in [0, 0.1) is 11.6 Å². The van der Waals surface area contributed by atoms with Gasteiger partial charge in [-0.15, -0.1) is 0 Å². The van der Waals surface area contributed by atoms with Crippen LogP contribution in [0.4, 0.5) is 14.5 Å². The van der Waals surface area contributed by atoms with Gasteiger partial charge in [0.1, 0.15) is 11.6 Å². The molecular formula is C15H11F2NO2. The SMILES string of the molecule is O=C(CC(=O)c1ccccc1)Nc1cc(F)cc(F)c1. The fourth-order valence-electron chi connectivity index (χ4n) is 1.70. The van der Waals surface area contributed by atoms with Crippen molar-refractivity contribution in [3.63, 3.8) is 0 Å². The van der Waals surface area contributed by atoms with E-state index in [4.69, 9.17) is 0 Å². The van der Waals surface area contributed by atoms with Crippen molar-refractivity contribution in [1.82, 2.24) is 0 Å². The van der Waals surface area contributed by atoms with E-state index in [0.717, 1.165) is 12.1 Å². The van der Waals surface area contributed by atoms with Gasteiger partial charge in [-0.1, -0.05) is 30.3 Å². The summed E-state index contributed by atoms with van der Waals surface area (Å²) < 4.78 is 25.9. The van der Waals surface area contributed by atoms with E-state index in [1.165, 1.54) is 0 Å². The van der Waals surface area contributed by atoms with E-state index in [1.54, 1.807) is 30.3 Å². The van der Waals surface area contributed by atoms with Crippen LogP contribution in [0.25, 0.3) is 0 Å². The number of nitrogens with one attached hydrogen (secondary N) is 1. The summed E-state index contributed by atoms with van der Waals surface area (Å²) in [6.07, 6.45) is -0.387. The summed E-state index contributed by atoms with van der Waals surface area (Å²) in [5, 5.41) is 2.28. The maximum absolute atomic E-state index is 12.9. The number of benzene rings is 2. The first-order valence-corrected chi connectivity index (χ1v) is 5.89. The zero-order valence-electron chi connectivity index (χ0n) is 10.4. The predicted octanol–water partition coefficient (Wildman–Crippen LogP) is 3.18. The van der Waals surface area contributed by atoms with Crippen molar-refractivity contribution in [2.45, 2.75) is 6.42 Å². The highest BCUT2D eigenvalue weighted by Crippen LogP contribution is 2.13. The van der Waals surface area contributed by atoms with E-state index < -0.39 is 17.5 Å². The van der Waals surface area contributed by atoms with Crippen molar-refractivity contribution >= 4 is 17.4 Å². The first-order valence-electron chi connectivity index (χ1n) is 5.89. The number of carbonyl (C=O) groups excluding carboxylic acids is 2. The molecule has 0 atom stereocenters. The maximum atomic E-state index is 12.9. The van der Waals surface area contributed by atoms with Gasteiger partial charge < -0.3 is 5.32 Å². The van der Waals surface area contributed by atoms with Crippen LogP contribution in [0.2, 0.25) is 0 Å². The Morgan fingerprint density at radius 1 is 0.950 bits per heavy atom. The Bertz CT molecular complexity index is 621. The first kappa shape index (κ1) is 13.9. The molecule has 1 N–H and O–H groups in total. The number of carbonyl (C=O) groups is 2. The fourth-order valence-corrected chi connectivity index (χ4v) is 1.70. The molecule has 3 nitrogen and oxygen atoms in total. The molecule has 0 heterocycles. The van der Waals surface area contributed by atoms with Crippen molar-refractivity contribution in [3.8, 4) is 0 Å². The number of anilines is 1. The molecule has 5 heteroatoms. The van der Waals surface area contributed by atoms with Crippen LogP contribution in [0.3, 0.4) is 0 Å². The molecule has 1 amide bonds. The monoisotopic (exact) mass is 275 g/mol. The van der Waals surface area contributed by atoms with E-state index in [1.807, 2.05) is 0 Å². The lowest BCUT2D eigenvalue weighted by atomic mass is 10.1. The molecule has 0 saturated carbocycles. The second-order valence-corrected chi connectivity index (χ2v) is 4.17. The fraction of sp³-hybridized carbons (Fsp3) is 0.0667. The third-order valence-corrected chi connectivity index (χ3v) is 2.56. The van der Waals surface area contributed by atoms with Crippen molar-refractivity contribution in [2.24, 2.45) is 0 Å². The number of halogens is 2. The molecule has 0 aliphatic heterocycles. The topological polar surface area (TPSA) is 46.2 Å². The molecule has 0 radical (unpaired) electrons. The van der Waals surface area contributed by atoms with Crippen molar-refractivity contribution in [2.75, 3.05) is 5.32 Å². The second kappa shape index (κ2) is 6.06. The van der Waals surface area contributed by atoms with Crippen molar-refractivity contribution in [1.29, 1.82) is 0 Å². The first-order chi connectivity index (χ1) is 9.54. The molecule has 0 spiro atoms. The van der Waals surface area contributed by atoms with Crippen molar-refractivity contribution < 1.29 is 18.4 Å². The summed E-state index contributed by atoms with van der Waals surface area (Å²) in [6.45, 7) is 0. The summed E-state index contributed by atoms with van der Waals surface area (Å²) in [5.74, 6) is -2.58. The van der Waals surface area contributed by atoms with Crippen LogP contribution in [-0.2, 0) is 4.79 Å². The van der Waals surface area contributed by atoms with Crippen LogP contribution in [0.5, 0.6) is 0 Å². The summed E-state index contributed by atoms with van der Waals surface area (Å²) in [7, 11) is 0. The van der Waals surface area contributed by atoms with Crippen LogP contribution in [0.15, 0.2) is 48.5 Å². The molecule has 2 aromatic rings. The summed E-state index contributed by atoms with van der Waals surface area (Å²) in [4.78, 5) is 23.4. The highest BCUT2D eigenvalue weighted by atomic mass is 19.1. The van der Waals surface area contributed by atoms with E-state index >= 15 is 0 Å². The van der Waals surface area contributed by atoms with Gasteiger partial charge in [-0.3, -0.25) is 9.59 Å². The van der Waals surface area contributed by atoms with Crippen LogP contribution in [0.1, 0.15) is 16.8 Å². The van der Waals surface area contributed by atoms with Gasteiger partial charge in [0.05, 0.1) is 6.42 Å². The lowest BCUT2D eigenvalue weighted by molar-refractivity contribution is -0.115. The van der Waals surface area contributed by atoms with Crippen LogP contribution >= 0.6 is 0 Å². The number of amides is 1. The lowest BCUT2D eigenvalue weighted by Crippen LogP contribution is -2.16. The predicted molar refractivity (Wildman–Crippen MR) is 70.4 cm³/mol. The Balaban J connectivity index is 2.01. The average Bonchev–Trinajstić information content (AvgIpc) is 2.38. The van der Waals surface area contributed by atoms with E-state index in [0.29, 0.717) is 11.6 Å². The third kappa shape index (κ3) is 3.71. The van der Waals surface area contributed by atoms with Gasteiger partial charge in [0.25, 0.3) is 0 Å². The lowest BCUT2D eigenvalue weighted by Gasteiger charge is -2.05. The number of ketones is 1. The Labute approximate surface area is 114 Å². The highest BCUT2D eigenvalue weighted by Gasteiger charge is 2.12. The smallest absolute Gasteiger partial charge is 0.232 e. The molecule has 20 heavy (non-hydrogen) atoms. The largest absolute Gasteiger partial charge is 0.325 e. The number of hydrogen-bond donors (Lipinski definition) is 1. The van der Waals surface area contributed by atoms with E-state index in [2.05, 4.69) is 5.32 Å². The van der Waals surface area contributed by atoms with Gasteiger partial charge in [-0.25, -0.2) is 8.78 Å². The zero-order chi connectivity index (χ0) is 14.5. The second-order valence-electron chi connectivity index (χ2n) is 4.17. The molecule has 102 valence electrons. The molecule has 0 fully saturated rings. The van der Waals surface area contributed by atoms with E-state index in [9.17, 15) is 18.4 Å². The normalized spacial score (nSPS) is 10.1.